The lowest BCUT2D eigenvalue weighted by molar-refractivity contribution is -0.386. The van der Waals surface area contributed by atoms with E-state index in [0.717, 1.165) is 22.9 Å². The zero-order valence-corrected chi connectivity index (χ0v) is 26.7. The second-order valence-electron chi connectivity index (χ2n) is 9.66. The largest absolute Gasteiger partial charge is 0.430 e. The van der Waals surface area contributed by atoms with Gasteiger partial charge in [-0.2, -0.15) is 31.0 Å². The maximum atomic E-state index is 12.7. The molecule has 0 aliphatic heterocycles. The number of isocyanates is 1. The number of H-pyrrole nitrogens is 1. The Labute approximate surface area is 277 Å². The van der Waals surface area contributed by atoms with Crippen molar-refractivity contribution in [1.82, 2.24) is 25.3 Å². The van der Waals surface area contributed by atoms with Crippen LogP contribution in [0.4, 0.5) is 42.5 Å². The molecular formula is C28H26F6N8O8. The molecule has 4 aromatic rings. The van der Waals surface area contributed by atoms with Crippen molar-refractivity contribution >= 4 is 23.5 Å². The zero-order chi connectivity index (χ0) is 38.1. The summed E-state index contributed by atoms with van der Waals surface area (Å²) in [5, 5.41) is 34.6. The minimum Gasteiger partial charge on any atom is -0.430 e. The summed E-state index contributed by atoms with van der Waals surface area (Å²) in [5.74, 6) is -0.760. The SMILES string of the molecule is CN=C=O.CNC(=O)n1nc(Oc2ccc(C(F)(F)F)cc2[N+](=O)[O-])c(C)c1C.Cc1[nH]nc(Oc2ccc(C(F)(F)F)cc2[N+](=O)[O-])c1C. The quantitative estimate of drug-likeness (QED) is 0.0679. The summed E-state index contributed by atoms with van der Waals surface area (Å²) in [6, 6.07) is 3.39. The van der Waals surface area contributed by atoms with Crippen molar-refractivity contribution in [1.29, 1.82) is 0 Å². The fourth-order valence-electron chi connectivity index (χ4n) is 3.57. The number of ether oxygens (including phenoxy) is 2. The van der Waals surface area contributed by atoms with Crippen molar-refractivity contribution in [2.45, 2.75) is 40.0 Å². The molecule has 0 atom stereocenters. The first-order chi connectivity index (χ1) is 23.2. The number of nitrogens with one attached hydrogen (secondary N) is 2. The number of hydrogen-bond donors (Lipinski definition) is 2. The number of rotatable bonds is 6. The summed E-state index contributed by atoms with van der Waals surface area (Å²) in [6.07, 6.45) is -8.08. The monoisotopic (exact) mass is 716 g/mol. The summed E-state index contributed by atoms with van der Waals surface area (Å²) in [5.41, 5.74) is -1.77. The van der Waals surface area contributed by atoms with E-state index in [0.29, 0.717) is 40.7 Å². The predicted octanol–water partition coefficient (Wildman–Crippen LogP) is 7.10. The molecule has 0 aliphatic rings. The number of alkyl halides is 6. The minimum absolute atomic E-state index is 0.0790. The van der Waals surface area contributed by atoms with Crippen molar-refractivity contribution in [3.8, 4) is 23.3 Å². The number of carbonyl (C=O) groups excluding carboxylic acids is 2. The van der Waals surface area contributed by atoms with Gasteiger partial charge < -0.3 is 14.8 Å². The third kappa shape index (κ3) is 9.86. The van der Waals surface area contributed by atoms with Crippen LogP contribution in [0.25, 0.3) is 0 Å². The first-order valence-corrected chi connectivity index (χ1v) is 13.5. The average molecular weight is 717 g/mol. The highest BCUT2D eigenvalue weighted by atomic mass is 19.4. The normalized spacial score (nSPS) is 10.8. The van der Waals surface area contributed by atoms with E-state index in [1.54, 1.807) is 27.7 Å². The lowest BCUT2D eigenvalue weighted by Gasteiger charge is -2.09. The molecule has 2 aromatic carbocycles. The van der Waals surface area contributed by atoms with Crippen molar-refractivity contribution in [2.24, 2.45) is 4.99 Å². The highest BCUT2D eigenvalue weighted by Gasteiger charge is 2.35. The van der Waals surface area contributed by atoms with E-state index in [1.807, 2.05) is 0 Å². The van der Waals surface area contributed by atoms with E-state index in [9.17, 15) is 51.4 Å². The highest BCUT2D eigenvalue weighted by Crippen LogP contribution is 2.39. The van der Waals surface area contributed by atoms with Gasteiger partial charge >= 0.3 is 29.8 Å². The molecular weight excluding hydrogens is 690 g/mol. The average Bonchev–Trinajstić information content (AvgIpc) is 3.51. The lowest BCUT2D eigenvalue weighted by Crippen LogP contribution is -2.26. The van der Waals surface area contributed by atoms with E-state index in [4.69, 9.17) is 14.3 Å². The molecule has 0 saturated carbocycles. The molecule has 2 heterocycles. The molecule has 2 aromatic heterocycles. The van der Waals surface area contributed by atoms with Gasteiger partial charge in [0.15, 0.2) is 0 Å². The van der Waals surface area contributed by atoms with Crippen LogP contribution in [0.15, 0.2) is 41.4 Å². The molecule has 268 valence electrons. The van der Waals surface area contributed by atoms with Crippen LogP contribution < -0.4 is 14.8 Å². The molecule has 0 aliphatic carbocycles. The summed E-state index contributed by atoms with van der Waals surface area (Å²) in [6.45, 7) is 6.53. The van der Waals surface area contributed by atoms with Crippen LogP contribution in [0, 0.1) is 47.9 Å². The fourth-order valence-corrected chi connectivity index (χ4v) is 3.57. The Morgan fingerprint density at radius 3 is 1.66 bits per heavy atom. The van der Waals surface area contributed by atoms with Crippen molar-refractivity contribution in [3.05, 3.63) is 90.3 Å². The third-order valence-electron chi connectivity index (χ3n) is 6.46. The Balaban J connectivity index is 0.000000317. The Morgan fingerprint density at radius 1 is 0.880 bits per heavy atom. The van der Waals surface area contributed by atoms with Crippen molar-refractivity contribution in [3.63, 3.8) is 0 Å². The van der Waals surface area contributed by atoms with Crippen LogP contribution in [0.2, 0.25) is 0 Å². The van der Waals surface area contributed by atoms with Gasteiger partial charge in [-0.1, -0.05) is 0 Å². The minimum atomic E-state index is -4.73. The number of carbonyl (C=O) groups is 1. The fraction of sp³-hybridized carbons (Fsp3) is 0.286. The number of hydrogen-bond acceptors (Lipinski definition) is 11. The number of aromatic nitrogens is 4. The molecule has 0 spiro atoms. The molecule has 2 N–H and O–H groups in total. The van der Waals surface area contributed by atoms with Gasteiger partial charge in [-0.25, -0.2) is 14.6 Å². The zero-order valence-electron chi connectivity index (χ0n) is 26.7. The smallest absolute Gasteiger partial charge is 0.416 e. The van der Waals surface area contributed by atoms with Crippen molar-refractivity contribution < 1.29 is 55.3 Å². The molecule has 16 nitrogen and oxygen atoms in total. The molecule has 0 fully saturated rings. The van der Waals surface area contributed by atoms with Crippen LogP contribution in [0.1, 0.15) is 33.6 Å². The number of aromatic amines is 1. The molecule has 4 rings (SSSR count). The van der Waals surface area contributed by atoms with Crippen LogP contribution in [-0.2, 0) is 17.1 Å². The van der Waals surface area contributed by atoms with Gasteiger partial charge in [-0.3, -0.25) is 25.3 Å². The molecule has 0 radical (unpaired) electrons. The number of aryl methyl sites for hydroxylation is 1. The molecule has 0 bridgehead atoms. The first kappa shape index (κ1) is 39.9. The Hall–Kier alpha value is -6.31. The van der Waals surface area contributed by atoms with E-state index in [-0.39, 0.29) is 17.5 Å². The first-order valence-electron chi connectivity index (χ1n) is 13.5. The second-order valence-corrected chi connectivity index (χ2v) is 9.66. The van der Waals surface area contributed by atoms with Crippen LogP contribution in [-0.4, -0.2) is 56.0 Å². The number of benzene rings is 2. The van der Waals surface area contributed by atoms with Crippen LogP contribution in [0.3, 0.4) is 0 Å². The summed E-state index contributed by atoms with van der Waals surface area (Å²) in [7, 11) is 2.77. The summed E-state index contributed by atoms with van der Waals surface area (Å²) >= 11 is 0. The second kappa shape index (κ2) is 16.2. The van der Waals surface area contributed by atoms with E-state index >= 15 is 0 Å². The Kier molecular flexibility index (Phi) is 12.9. The third-order valence-corrected chi connectivity index (χ3v) is 6.46. The number of nitro groups is 2. The van der Waals surface area contributed by atoms with E-state index < -0.39 is 56.5 Å². The Morgan fingerprint density at radius 2 is 1.32 bits per heavy atom. The van der Waals surface area contributed by atoms with Gasteiger partial charge in [0.1, 0.15) is 0 Å². The molecule has 1 amide bonds. The Bertz CT molecular complexity index is 1930. The molecule has 0 unspecified atom stereocenters. The van der Waals surface area contributed by atoms with Crippen LogP contribution >= 0.6 is 0 Å². The number of nitro benzene ring substituents is 2. The maximum absolute atomic E-state index is 12.7. The van der Waals surface area contributed by atoms with Gasteiger partial charge in [-0.15, -0.1) is 10.2 Å². The number of nitrogens with zero attached hydrogens (tertiary/aromatic N) is 6. The number of amides is 1. The summed E-state index contributed by atoms with van der Waals surface area (Å²) < 4.78 is 87.4. The maximum Gasteiger partial charge on any atom is 0.416 e. The summed E-state index contributed by atoms with van der Waals surface area (Å²) in [4.78, 5) is 43.6. The van der Waals surface area contributed by atoms with Crippen LogP contribution in [0.5, 0.6) is 23.3 Å². The van der Waals surface area contributed by atoms with Gasteiger partial charge in [0, 0.05) is 43.0 Å². The van der Waals surface area contributed by atoms with Gasteiger partial charge in [0.05, 0.1) is 26.7 Å². The predicted molar refractivity (Wildman–Crippen MR) is 160 cm³/mol. The van der Waals surface area contributed by atoms with E-state index in [2.05, 4.69) is 25.6 Å². The standard InChI is InChI=1S/C14H13F3N4O4.C12H10F3N3O3.C2H3NO/c1-7-8(2)20(13(22)18-3)19-12(7)25-11-5-4-9(14(15,16)17)6-10(11)21(23)24;1-6-7(2)16-17-11(6)21-10-4-3-8(12(13,14)15)5-9(10)18(19)20;1-3-2-4/h4-6H,1-3H3,(H,18,22);3-5H,1-2H3,(H,16,17);1H3. The number of halogens is 6. The van der Waals surface area contributed by atoms with Gasteiger partial charge in [0.25, 0.3) is 0 Å². The molecule has 22 heteroatoms. The highest BCUT2D eigenvalue weighted by molar-refractivity contribution is 5.76. The van der Waals surface area contributed by atoms with Gasteiger partial charge in [0.2, 0.25) is 29.3 Å². The lowest BCUT2D eigenvalue weighted by atomic mass is 10.2. The van der Waals surface area contributed by atoms with Crippen molar-refractivity contribution in [2.75, 3.05) is 14.1 Å². The number of aliphatic imine (C=N–C) groups is 1. The topological polar surface area (TPSA) is 210 Å². The van der Waals surface area contributed by atoms with E-state index in [1.165, 1.54) is 20.2 Å². The molecule has 50 heavy (non-hydrogen) atoms. The van der Waals surface area contributed by atoms with Gasteiger partial charge in [-0.05, 0) is 52.0 Å². The molecule has 0 saturated heterocycles.